The van der Waals surface area contributed by atoms with Gasteiger partial charge < -0.3 is 19.3 Å². The Labute approximate surface area is 130 Å². The van der Waals surface area contributed by atoms with Crippen molar-refractivity contribution in [3.05, 3.63) is 23.8 Å². The first-order valence-corrected chi connectivity index (χ1v) is 7.65. The Kier molecular flexibility index (Phi) is 3.77. The summed E-state index contributed by atoms with van der Waals surface area (Å²) in [6, 6.07) is 5.25. The van der Waals surface area contributed by atoms with E-state index in [4.69, 9.17) is 14.2 Å². The third kappa shape index (κ3) is 2.54. The van der Waals surface area contributed by atoms with Gasteiger partial charge in [0, 0.05) is 5.92 Å². The molecule has 1 aromatic carbocycles. The molecule has 1 N–H and O–H groups in total. The van der Waals surface area contributed by atoms with Gasteiger partial charge in [0.25, 0.3) is 0 Å². The van der Waals surface area contributed by atoms with Crippen LogP contribution in [0.2, 0.25) is 0 Å². The molecule has 0 radical (unpaired) electrons. The number of rotatable bonds is 2. The lowest BCUT2D eigenvalue weighted by Gasteiger charge is -2.48. The standard InChI is InChI=1S/C17H22O5/c1-17(2)11-8-7-10(9-14(19)20-3)21-16(11)15-12(18)5-4-6-13(15)22-17/h4-6,10-11,16,18H,7-9H2,1-3H3/t10-,11+,16+/m1/s1. The average Bonchev–Trinajstić information content (AvgIpc) is 2.46. The average molecular weight is 306 g/mol. The van der Waals surface area contributed by atoms with Crippen molar-refractivity contribution in [1.29, 1.82) is 0 Å². The lowest BCUT2D eigenvalue weighted by molar-refractivity contribution is -0.164. The van der Waals surface area contributed by atoms with E-state index in [2.05, 4.69) is 0 Å². The molecule has 1 saturated heterocycles. The van der Waals surface area contributed by atoms with Gasteiger partial charge in [-0.15, -0.1) is 0 Å². The predicted molar refractivity (Wildman–Crippen MR) is 79.8 cm³/mol. The topological polar surface area (TPSA) is 65.0 Å². The number of methoxy groups -OCH3 is 1. The number of aromatic hydroxyl groups is 1. The van der Waals surface area contributed by atoms with E-state index in [1.807, 2.05) is 19.9 Å². The first-order valence-electron chi connectivity index (χ1n) is 7.65. The molecule has 0 bridgehead atoms. The van der Waals surface area contributed by atoms with Gasteiger partial charge in [-0.05, 0) is 38.8 Å². The lowest BCUT2D eigenvalue weighted by atomic mass is 9.75. The molecule has 0 spiro atoms. The van der Waals surface area contributed by atoms with Crippen molar-refractivity contribution in [3.63, 3.8) is 0 Å². The monoisotopic (exact) mass is 306 g/mol. The van der Waals surface area contributed by atoms with Crippen molar-refractivity contribution >= 4 is 5.97 Å². The van der Waals surface area contributed by atoms with Crippen LogP contribution in [0.25, 0.3) is 0 Å². The summed E-state index contributed by atoms with van der Waals surface area (Å²) in [4.78, 5) is 11.5. The zero-order chi connectivity index (χ0) is 15.9. The molecule has 2 aliphatic rings. The van der Waals surface area contributed by atoms with Gasteiger partial charge in [0.2, 0.25) is 0 Å². The van der Waals surface area contributed by atoms with Crippen LogP contribution in [0.1, 0.15) is 44.8 Å². The summed E-state index contributed by atoms with van der Waals surface area (Å²) in [6.07, 6.45) is 1.46. The molecular weight excluding hydrogens is 284 g/mol. The van der Waals surface area contributed by atoms with E-state index in [1.165, 1.54) is 7.11 Å². The molecular formula is C17H22O5. The molecule has 0 amide bonds. The number of carbonyl (C=O) groups excluding carboxylic acids is 1. The van der Waals surface area contributed by atoms with Crippen LogP contribution in [0.4, 0.5) is 0 Å². The van der Waals surface area contributed by atoms with Gasteiger partial charge in [0.15, 0.2) is 0 Å². The van der Waals surface area contributed by atoms with Gasteiger partial charge in [0.1, 0.15) is 17.1 Å². The number of hydrogen-bond donors (Lipinski definition) is 1. The summed E-state index contributed by atoms with van der Waals surface area (Å²) < 4.78 is 17.0. The van der Waals surface area contributed by atoms with Crippen molar-refractivity contribution in [1.82, 2.24) is 0 Å². The summed E-state index contributed by atoms with van der Waals surface area (Å²) >= 11 is 0. The molecule has 22 heavy (non-hydrogen) atoms. The van der Waals surface area contributed by atoms with Gasteiger partial charge in [-0.2, -0.15) is 0 Å². The molecule has 3 atom stereocenters. The first kappa shape index (κ1) is 15.2. The molecule has 3 rings (SSSR count). The number of hydrogen-bond acceptors (Lipinski definition) is 5. The molecule has 2 heterocycles. The number of carbonyl (C=O) groups is 1. The highest BCUT2D eigenvalue weighted by atomic mass is 16.5. The second-order valence-corrected chi connectivity index (χ2v) is 6.54. The van der Waals surface area contributed by atoms with Gasteiger partial charge in [-0.1, -0.05) is 6.07 Å². The third-order valence-electron chi connectivity index (χ3n) is 4.72. The van der Waals surface area contributed by atoms with Crippen LogP contribution < -0.4 is 4.74 Å². The van der Waals surface area contributed by atoms with E-state index in [9.17, 15) is 9.90 Å². The quantitative estimate of drug-likeness (QED) is 0.851. The summed E-state index contributed by atoms with van der Waals surface area (Å²) in [5.41, 5.74) is 0.322. The smallest absolute Gasteiger partial charge is 0.308 e. The second-order valence-electron chi connectivity index (χ2n) is 6.54. The number of esters is 1. The maximum absolute atomic E-state index is 11.5. The number of phenols is 1. The highest BCUT2D eigenvalue weighted by molar-refractivity contribution is 5.69. The minimum absolute atomic E-state index is 0.141. The van der Waals surface area contributed by atoms with Gasteiger partial charge in [0.05, 0.1) is 31.3 Å². The van der Waals surface area contributed by atoms with E-state index in [1.54, 1.807) is 12.1 Å². The Morgan fingerprint density at radius 1 is 1.41 bits per heavy atom. The third-order valence-corrected chi connectivity index (χ3v) is 4.72. The first-order chi connectivity index (χ1) is 10.4. The molecule has 0 unspecified atom stereocenters. The number of ether oxygens (including phenoxy) is 3. The fraction of sp³-hybridized carbons (Fsp3) is 0.588. The summed E-state index contributed by atoms with van der Waals surface area (Å²) in [7, 11) is 1.38. The fourth-order valence-electron chi connectivity index (χ4n) is 3.55. The molecule has 0 aromatic heterocycles. The zero-order valence-corrected chi connectivity index (χ0v) is 13.2. The lowest BCUT2D eigenvalue weighted by Crippen LogP contribution is -2.48. The second kappa shape index (κ2) is 5.47. The molecule has 120 valence electrons. The Morgan fingerprint density at radius 3 is 2.91 bits per heavy atom. The van der Waals surface area contributed by atoms with E-state index >= 15 is 0 Å². The van der Waals surface area contributed by atoms with E-state index < -0.39 is 0 Å². The summed E-state index contributed by atoms with van der Waals surface area (Å²) in [5, 5.41) is 10.2. The van der Waals surface area contributed by atoms with Crippen LogP contribution in [-0.4, -0.2) is 29.9 Å². The molecule has 0 saturated carbocycles. The van der Waals surface area contributed by atoms with E-state index in [-0.39, 0.29) is 41.9 Å². The van der Waals surface area contributed by atoms with Crippen molar-refractivity contribution < 1.29 is 24.1 Å². The molecule has 2 aliphatic heterocycles. The van der Waals surface area contributed by atoms with Gasteiger partial charge >= 0.3 is 5.97 Å². The molecule has 0 aliphatic carbocycles. The summed E-state index contributed by atoms with van der Waals surface area (Å²) in [6.45, 7) is 4.09. The van der Waals surface area contributed by atoms with Crippen LogP contribution in [0.3, 0.4) is 0 Å². The van der Waals surface area contributed by atoms with Gasteiger partial charge in [-0.25, -0.2) is 0 Å². The minimum Gasteiger partial charge on any atom is -0.507 e. The van der Waals surface area contributed by atoms with E-state index in [0.717, 1.165) is 12.8 Å². The van der Waals surface area contributed by atoms with Crippen molar-refractivity contribution in [2.24, 2.45) is 5.92 Å². The normalized spacial score (nSPS) is 29.0. The highest BCUT2D eigenvalue weighted by Gasteiger charge is 2.48. The van der Waals surface area contributed by atoms with Gasteiger partial charge in [-0.3, -0.25) is 4.79 Å². The SMILES string of the molecule is COC(=O)C[C@H]1CC[C@H]2[C@H](O1)c1c(O)cccc1OC2(C)C. The van der Waals surface area contributed by atoms with Crippen LogP contribution >= 0.6 is 0 Å². The molecule has 5 nitrogen and oxygen atoms in total. The maximum Gasteiger partial charge on any atom is 0.308 e. The zero-order valence-electron chi connectivity index (χ0n) is 13.2. The minimum atomic E-state index is -0.373. The number of phenolic OH excluding ortho intramolecular Hbond substituents is 1. The Morgan fingerprint density at radius 2 is 2.18 bits per heavy atom. The van der Waals surface area contributed by atoms with Crippen LogP contribution in [0, 0.1) is 5.92 Å². The molecule has 1 fully saturated rings. The Bertz CT molecular complexity index is 580. The highest BCUT2D eigenvalue weighted by Crippen LogP contribution is 2.53. The Hall–Kier alpha value is -1.75. The van der Waals surface area contributed by atoms with Crippen LogP contribution in [0.5, 0.6) is 11.5 Å². The summed E-state index contributed by atoms with van der Waals surface area (Å²) in [5.74, 6) is 0.709. The molecule has 5 heteroatoms. The Balaban J connectivity index is 1.92. The van der Waals surface area contributed by atoms with Crippen molar-refractivity contribution in [2.45, 2.75) is 50.9 Å². The number of fused-ring (bicyclic) bond motifs is 3. The van der Waals surface area contributed by atoms with Crippen LogP contribution in [-0.2, 0) is 14.3 Å². The fourth-order valence-corrected chi connectivity index (χ4v) is 3.55. The number of benzene rings is 1. The maximum atomic E-state index is 11.5. The van der Waals surface area contributed by atoms with Crippen molar-refractivity contribution in [2.75, 3.05) is 7.11 Å². The molecule has 1 aromatic rings. The van der Waals surface area contributed by atoms with E-state index in [0.29, 0.717) is 11.3 Å². The van der Waals surface area contributed by atoms with Crippen molar-refractivity contribution in [3.8, 4) is 11.5 Å². The van der Waals surface area contributed by atoms with Crippen LogP contribution in [0.15, 0.2) is 18.2 Å². The predicted octanol–water partition coefficient (Wildman–Crippen LogP) is 2.96. The largest absolute Gasteiger partial charge is 0.507 e.